The number of hydrogen-bond donors (Lipinski definition) is 0. The van der Waals surface area contributed by atoms with Crippen LogP contribution in [0.5, 0.6) is 0 Å². The van der Waals surface area contributed by atoms with E-state index in [2.05, 4.69) is 24.3 Å². The van der Waals surface area contributed by atoms with Gasteiger partial charge in [-0.15, -0.1) is 0 Å². The Hall–Kier alpha value is -0.370. The van der Waals surface area contributed by atoms with Crippen molar-refractivity contribution in [2.45, 2.75) is 26.2 Å². The molecule has 0 fully saturated rings. The van der Waals surface area contributed by atoms with Gasteiger partial charge in [-0.3, -0.25) is 0 Å². The Balaban J connectivity index is 2.65. The fraction of sp³-hybridized carbons (Fsp3) is 0.571. The molecule has 1 nitrogen and oxygen atoms in total. The van der Waals surface area contributed by atoms with Crippen LogP contribution < -0.4 is 0 Å². The van der Waals surface area contributed by atoms with Crippen LogP contribution in [0.2, 0.25) is 0 Å². The highest BCUT2D eigenvalue weighted by Gasteiger charge is 2.02. The summed E-state index contributed by atoms with van der Waals surface area (Å²) in [7, 11) is 0. The molecule has 0 spiro atoms. The van der Waals surface area contributed by atoms with Crippen LogP contribution in [-0.4, -0.2) is 4.37 Å². The van der Waals surface area contributed by atoms with E-state index < -0.39 is 0 Å². The zero-order valence-corrected chi connectivity index (χ0v) is 6.61. The van der Waals surface area contributed by atoms with Gasteiger partial charge in [0.15, 0.2) is 0 Å². The third kappa shape index (κ3) is 1.52. The second-order valence-corrected chi connectivity index (χ2v) is 3.09. The third-order valence-corrected chi connectivity index (χ3v) is 2.53. The first-order valence-corrected chi connectivity index (χ1v) is 4.02. The Labute approximate surface area is 59.9 Å². The predicted octanol–water partition coefficient (Wildman–Crippen LogP) is 2.66. The van der Waals surface area contributed by atoms with E-state index in [0.717, 1.165) is 0 Å². The molecule has 1 aromatic heterocycles. The quantitative estimate of drug-likeness (QED) is 0.617. The molecule has 1 aromatic rings. The van der Waals surface area contributed by atoms with Gasteiger partial charge in [0.05, 0.1) is 0 Å². The van der Waals surface area contributed by atoms with E-state index in [1.807, 2.05) is 6.20 Å². The summed E-state index contributed by atoms with van der Waals surface area (Å²) in [6.07, 6.45) is 3.08. The van der Waals surface area contributed by atoms with Gasteiger partial charge in [0, 0.05) is 11.1 Å². The fourth-order valence-corrected chi connectivity index (χ4v) is 1.39. The van der Waals surface area contributed by atoms with Gasteiger partial charge in [-0.1, -0.05) is 13.8 Å². The highest BCUT2D eigenvalue weighted by Crippen LogP contribution is 2.20. The topological polar surface area (TPSA) is 12.9 Å². The zero-order valence-electron chi connectivity index (χ0n) is 5.79. The van der Waals surface area contributed by atoms with Gasteiger partial charge in [-0.2, -0.15) is 0 Å². The monoisotopic (exact) mass is 141 g/mol. The van der Waals surface area contributed by atoms with Gasteiger partial charge in [0.2, 0.25) is 0 Å². The molecule has 0 saturated carbocycles. The van der Waals surface area contributed by atoms with Crippen molar-refractivity contribution in [3.8, 4) is 0 Å². The summed E-state index contributed by atoms with van der Waals surface area (Å²) in [6, 6.07) is 2.10. The molecule has 0 bridgehead atoms. The number of nitrogens with zero attached hydrogens (tertiary/aromatic N) is 1. The van der Waals surface area contributed by atoms with Crippen LogP contribution in [0.3, 0.4) is 0 Å². The first-order chi connectivity index (χ1) is 4.34. The first kappa shape index (κ1) is 6.75. The lowest BCUT2D eigenvalue weighted by molar-refractivity contribution is 0.748. The number of aromatic nitrogens is 1. The lowest BCUT2D eigenvalue weighted by atomic mass is 10.1. The lowest BCUT2D eigenvalue weighted by Gasteiger charge is -2.01. The van der Waals surface area contributed by atoms with Crippen LogP contribution in [0.15, 0.2) is 12.3 Å². The van der Waals surface area contributed by atoms with E-state index in [4.69, 9.17) is 0 Å². The molecule has 0 aromatic carbocycles. The normalized spacial score (nSPS) is 13.6. The second kappa shape index (κ2) is 2.97. The Kier molecular flexibility index (Phi) is 2.22. The van der Waals surface area contributed by atoms with Gasteiger partial charge in [-0.05, 0) is 29.9 Å². The maximum atomic E-state index is 4.03. The van der Waals surface area contributed by atoms with Gasteiger partial charge in [0.1, 0.15) is 0 Å². The summed E-state index contributed by atoms with van der Waals surface area (Å²) in [6.45, 7) is 4.43. The van der Waals surface area contributed by atoms with Crippen LogP contribution in [-0.2, 0) is 0 Å². The van der Waals surface area contributed by atoms with Crippen LogP contribution in [0.25, 0.3) is 0 Å². The van der Waals surface area contributed by atoms with Crippen LogP contribution in [0.4, 0.5) is 0 Å². The summed E-state index contributed by atoms with van der Waals surface area (Å²) < 4.78 is 4.03. The van der Waals surface area contributed by atoms with E-state index in [1.54, 1.807) is 11.5 Å². The van der Waals surface area contributed by atoms with Crippen molar-refractivity contribution < 1.29 is 0 Å². The maximum Gasteiger partial charge on any atom is 0.0409 e. The molecule has 0 aliphatic heterocycles. The molecule has 0 radical (unpaired) electrons. The van der Waals surface area contributed by atoms with Gasteiger partial charge >= 0.3 is 0 Å². The minimum Gasteiger partial charge on any atom is -0.201 e. The molecule has 0 aliphatic rings. The van der Waals surface area contributed by atoms with Crippen molar-refractivity contribution in [2.24, 2.45) is 0 Å². The molecule has 0 saturated heterocycles. The SMILES string of the molecule is CCC(C)c1ccns1. The molecule has 1 rings (SSSR count). The van der Waals surface area contributed by atoms with E-state index in [1.165, 1.54) is 11.3 Å². The maximum absolute atomic E-state index is 4.03. The highest BCUT2D eigenvalue weighted by molar-refractivity contribution is 7.05. The minimum atomic E-state index is 0.692. The van der Waals surface area contributed by atoms with Crippen molar-refractivity contribution in [2.75, 3.05) is 0 Å². The minimum absolute atomic E-state index is 0.692. The zero-order chi connectivity index (χ0) is 6.69. The third-order valence-electron chi connectivity index (χ3n) is 1.56. The summed E-state index contributed by atoms with van der Waals surface area (Å²) in [5.74, 6) is 0.692. The van der Waals surface area contributed by atoms with Crippen LogP contribution in [0, 0.1) is 0 Å². The Bertz CT molecular complexity index is 157. The second-order valence-electron chi connectivity index (χ2n) is 2.22. The number of hydrogen-bond acceptors (Lipinski definition) is 2. The van der Waals surface area contributed by atoms with Crippen molar-refractivity contribution in [3.05, 3.63) is 17.1 Å². The molecular weight excluding hydrogens is 130 g/mol. The van der Waals surface area contributed by atoms with Crippen LogP contribution >= 0.6 is 11.5 Å². The predicted molar refractivity (Wildman–Crippen MR) is 40.8 cm³/mol. The van der Waals surface area contributed by atoms with E-state index >= 15 is 0 Å². The molecule has 0 aliphatic carbocycles. The van der Waals surface area contributed by atoms with E-state index in [9.17, 15) is 0 Å². The largest absolute Gasteiger partial charge is 0.201 e. The standard InChI is InChI=1S/C7H11NS/c1-3-6(2)7-4-5-8-9-7/h4-6H,3H2,1-2H3. The molecule has 2 heteroatoms. The molecule has 9 heavy (non-hydrogen) atoms. The molecule has 1 heterocycles. The molecule has 50 valence electrons. The molecule has 0 amide bonds. The molecule has 1 atom stereocenters. The average molecular weight is 141 g/mol. The van der Waals surface area contributed by atoms with Crippen molar-refractivity contribution in [1.29, 1.82) is 0 Å². The Morgan fingerprint density at radius 1 is 1.78 bits per heavy atom. The number of rotatable bonds is 2. The highest BCUT2D eigenvalue weighted by atomic mass is 32.1. The molecular formula is C7H11NS. The summed E-state index contributed by atoms with van der Waals surface area (Å²) in [4.78, 5) is 1.40. The van der Waals surface area contributed by atoms with Crippen molar-refractivity contribution in [3.63, 3.8) is 0 Å². The average Bonchev–Trinajstić information content (AvgIpc) is 2.37. The van der Waals surface area contributed by atoms with Gasteiger partial charge < -0.3 is 0 Å². The van der Waals surface area contributed by atoms with Crippen LogP contribution in [0.1, 0.15) is 31.1 Å². The summed E-state index contributed by atoms with van der Waals surface area (Å²) >= 11 is 1.61. The Morgan fingerprint density at radius 3 is 3.00 bits per heavy atom. The van der Waals surface area contributed by atoms with Gasteiger partial charge in [0.25, 0.3) is 0 Å². The smallest absolute Gasteiger partial charge is 0.0409 e. The Morgan fingerprint density at radius 2 is 2.56 bits per heavy atom. The van der Waals surface area contributed by atoms with Crippen molar-refractivity contribution in [1.82, 2.24) is 4.37 Å². The van der Waals surface area contributed by atoms with Gasteiger partial charge in [-0.25, -0.2) is 4.37 Å². The van der Waals surface area contributed by atoms with E-state index in [0.29, 0.717) is 5.92 Å². The summed E-state index contributed by atoms with van der Waals surface area (Å²) in [5.41, 5.74) is 0. The molecule has 1 unspecified atom stereocenters. The summed E-state index contributed by atoms with van der Waals surface area (Å²) in [5, 5.41) is 0. The lowest BCUT2D eigenvalue weighted by Crippen LogP contribution is -1.84. The molecule has 0 N–H and O–H groups in total. The van der Waals surface area contributed by atoms with E-state index in [-0.39, 0.29) is 0 Å². The fourth-order valence-electron chi connectivity index (χ4n) is 0.681. The van der Waals surface area contributed by atoms with Crippen molar-refractivity contribution >= 4 is 11.5 Å². The first-order valence-electron chi connectivity index (χ1n) is 3.25.